The topological polar surface area (TPSA) is 78.5 Å². The summed E-state index contributed by atoms with van der Waals surface area (Å²) in [5.74, 6) is 3.06. The second-order valence-electron chi connectivity index (χ2n) is 5.74. The first-order chi connectivity index (χ1) is 9.69. The van der Waals surface area contributed by atoms with Crippen molar-refractivity contribution in [1.29, 1.82) is 0 Å². The van der Waals surface area contributed by atoms with Gasteiger partial charge in [0.25, 0.3) is 0 Å². The zero-order chi connectivity index (χ0) is 14.1. The molecule has 2 heterocycles. The second-order valence-corrected chi connectivity index (χ2v) is 5.74. The van der Waals surface area contributed by atoms with E-state index in [4.69, 9.17) is 15.8 Å². The summed E-state index contributed by atoms with van der Waals surface area (Å²) in [7, 11) is 0. The van der Waals surface area contributed by atoms with E-state index in [9.17, 15) is 0 Å². The minimum atomic E-state index is 0.227. The summed E-state index contributed by atoms with van der Waals surface area (Å²) in [6, 6.07) is 0. The molecule has 0 unspecified atom stereocenters. The molecule has 110 valence electrons. The number of hydrogen-bond donors (Lipinski definition) is 2. The maximum atomic E-state index is 8.99. The number of anilines is 2. The first-order valence-corrected chi connectivity index (χ1v) is 7.41. The Labute approximate surface area is 119 Å². The van der Waals surface area contributed by atoms with E-state index < -0.39 is 0 Å². The Balaban J connectivity index is 1.76. The van der Waals surface area contributed by atoms with Gasteiger partial charge in [-0.3, -0.25) is 4.90 Å². The van der Waals surface area contributed by atoms with Crippen LogP contribution in [-0.4, -0.2) is 59.3 Å². The monoisotopic (exact) mass is 277 g/mol. The number of β-amino-alcohol motifs (C(OH)–C–C–N with tert-alkyl or cyclic N) is 1. The van der Waals surface area contributed by atoms with Gasteiger partial charge >= 0.3 is 0 Å². The maximum absolute atomic E-state index is 8.99. The molecule has 2 fully saturated rings. The van der Waals surface area contributed by atoms with Gasteiger partial charge in [-0.05, 0) is 19.8 Å². The fourth-order valence-corrected chi connectivity index (χ4v) is 2.70. The van der Waals surface area contributed by atoms with Crippen LogP contribution in [0.25, 0.3) is 0 Å². The number of hydrogen-bond acceptors (Lipinski definition) is 6. The number of nitrogens with two attached hydrogens (primary N) is 1. The number of piperazine rings is 1. The van der Waals surface area contributed by atoms with Crippen LogP contribution in [0.3, 0.4) is 0 Å². The molecule has 0 aromatic carbocycles. The third-order valence-electron chi connectivity index (χ3n) is 4.21. The SMILES string of the molecule is Cc1c(N)nc(C2CC2)nc1N1CCN(CCO)CC1. The van der Waals surface area contributed by atoms with Crippen molar-refractivity contribution in [3.8, 4) is 0 Å². The molecule has 1 saturated heterocycles. The van der Waals surface area contributed by atoms with Crippen molar-refractivity contribution in [2.24, 2.45) is 0 Å². The van der Waals surface area contributed by atoms with E-state index in [2.05, 4.69) is 14.8 Å². The molecule has 0 bridgehead atoms. The smallest absolute Gasteiger partial charge is 0.137 e. The van der Waals surface area contributed by atoms with Gasteiger partial charge in [-0.1, -0.05) is 0 Å². The molecule has 0 radical (unpaired) electrons. The molecule has 1 aromatic rings. The summed E-state index contributed by atoms with van der Waals surface area (Å²) in [6.45, 7) is 6.77. The summed E-state index contributed by atoms with van der Waals surface area (Å²) in [5, 5.41) is 8.99. The Morgan fingerprint density at radius 1 is 1.20 bits per heavy atom. The molecule has 1 aromatic heterocycles. The van der Waals surface area contributed by atoms with Gasteiger partial charge in [0.05, 0.1) is 6.61 Å². The molecule has 2 aliphatic rings. The van der Waals surface area contributed by atoms with E-state index in [0.29, 0.717) is 11.7 Å². The van der Waals surface area contributed by atoms with Crippen LogP contribution in [-0.2, 0) is 0 Å². The van der Waals surface area contributed by atoms with Crippen LogP contribution in [0.5, 0.6) is 0 Å². The molecule has 6 nitrogen and oxygen atoms in total. The predicted octanol–water partition coefficient (Wildman–Crippen LogP) is 0.359. The van der Waals surface area contributed by atoms with Crippen LogP contribution in [0.1, 0.15) is 30.1 Å². The Bertz CT molecular complexity index is 481. The normalized spacial score (nSPS) is 20.4. The molecule has 1 aliphatic heterocycles. The lowest BCUT2D eigenvalue weighted by atomic mass is 10.2. The van der Waals surface area contributed by atoms with Gasteiger partial charge in [-0.25, -0.2) is 9.97 Å². The number of aromatic nitrogens is 2. The summed E-state index contributed by atoms with van der Waals surface area (Å²) in [4.78, 5) is 13.8. The lowest BCUT2D eigenvalue weighted by molar-refractivity contribution is 0.188. The molecular formula is C14H23N5O. The number of aliphatic hydroxyl groups is 1. The molecule has 6 heteroatoms. The van der Waals surface area contributed by atoms with E-state index in [1.54, 1.807) is 0 Å². The van der Waals surface area contributed by atoms with E-state index >= 15 is 0 Å². The number of nitrogen functional groups attached to an aromatic ring is 1. The predicted molar refractivity (Wildman–Crippen MR) is 78.9 cm³/mol. The van der Waals surface area contributed by atoms with Crippen molar-refractivity contribution in [3.05, 3.63) is 11.4 Å². The van der Waals surface area contributed by atoms with E-state index in [0.717, 1.165) is 49.9 Å². The third kappa shape index (κ3) is 2.71. The molecule has 3 rings (SSSR count). The van der Waals surface area contributed by atoms with Crippen molar-refractivity contribution < 1.29 is 5.11 Å². The van der Waals surface area contributed by atoms with Gasteiger partial charge in [0.2, 0.25) is 0 Å². The summed E-state index contributed by atoms with van der Waals surface area (Å²) in [5.41, 5.74) is 7.04. The summed E-state index contributed by atoms with van der Waals surface area (Å²) < 4.78 is 0. The minimum absolute atomic E-state index is 0.227. The van der Waals surface area contributed by atoms with Gasteiger partial charge in [-0.15, -0.1) is 0 Å². The molecule has 3 N–H and O–H groups in total. The fourth-order valence-electron chi connectivity index (χ4n) is 2.70. The zero-order valence-electron chi connectivity index (χ0n) is 12.0. The van der Waals surface area contributed by atoms with Crippen LogP contribution >= 0.6 is 0 Å². The fraction of sp³-hybridized carbons (Fsp3) is 0.714. The number of nitrogens with zero attached hydrogens (tertiary/aromatic N) is 4. The van der Waals surface area contributed by atoms with Gasteiger partial charge in [0.1, 0.15) is 17.5 Å². The number of aliphatic hydroxyl groups excluding tert-OH is 1. The van der Waals surface area contributed by atoms with Gasteiger partial charge < -0.3 is 15.7 Å². The highest BCUT2D eigenvalue weighted by atomic mass is 16.3. The van der Waals surface area contributed by atoms with Gasteiger partial charge in [0.15, 0.2) is 0 Å². The standard InChI is InChI=1S/C14H23N5O/c1-10-12(15)16-13(11-2-3-11)17-14(10)19-6-4-18(5-7-19)8-9-20/h11,20H,2-9H2,1H3,(H2,15,16,17). The van der Waals surface area contributed by atoms with Crippen molar-refractivity contribution in [2.45, 2.75) is 25.7 Å². The van der Waals surface area contributed by atoms with E-state index in [1.807, 2.05) is 6.92 Å². The van der Waals surface area contributed by atoms with Crippen LogP contribution in [0.4, 0.5) is 11.6 Å². The molecular weight excluding hydrogens is 254 g/mol. The van der Waals surface area contributed by atoms with E-state index in [-0.39, 0.29) is 6.61 Å². The maximum Gasteiger partial charge on any atom is 0.137 e. The average molecular weight is 277 g/mol. The lowest BCUT2D eigenvalue weighted by Crippen LogP contribution is -2.47. The second kappa shape index (κ2) is 5.54. The van der Waals surface area contributed by atoms with Crippen LogP contribution in [0.15, 0.2) is 0 Å². The number of rotatable bonds is 4. The highest BCUT2D eigenvalue weighted by Crippen LogP contribution is 2.39. The molecule has 20 heavy (non-hydrogen) atoms. The van der Waals surface area contributed by atoms with Crippen molar-refractivity contribution in [3.63, 3.8) is 0 Å². The van der Waals surface area contributed by atoms with Crippen LogP contribution < -0.4 is 10.6 Å². The highest BCUT2D eigenvalue weighted by molar-refractivity contribution is 5.57. The molecule has 1 saturated carbocycles. The van der Waals surface area contributed by atoms with E-state index in [1.165, 1.54) is 12.8 Å². The third-order valence-corrected chi connectivity index (χ3v) is 4.21. The Kier molecular flexibility index (Phi) is 3.76. The molecule has 0 atom stereocenters. The van der Waals surface area contributed by atoms with Crippen molar-refractivity contribution in [2.75, 3.05) is 50.0 Å². The molecule has 0 amide bonds. The van der Waals surface area contributed by atoms with Gasteiger partial charge in [-0.2, -0.15) is 0 Å². The lowest BCUT2D eigenvalue weighted by Gasteiger charge is -2.35. The largest absolute Gasteiger partial charge is 0.395 e. The van der Waals surface area contributed by atoms with Gasteiger partial charge in [0, 0.05) is 44.2 Å². The molecule has 0 spiro atoms. The van der Waals surface area contributed by atoms with Crippen molar-refractivity contribution in [1.82, 2.24) is 14.9 Å². The summed E-state index contributed by atoms with van der Waals surface area (Å²) >= 11 is 0. The Hall–Kier alpha value is -1.40. The zero-order valence-corrected chi connectivity index (χ0v) is 12.0. The van der Waals surface area contributed by atoms with Crippen LogP contribution in [0.2, 0.25) is 0 Å². The summed E-state index contributed by atoms with van der Waals surface area (Å²) in [6.07, 6.45) is 2.37. The first-order valence-electron chi connectivity index (χ1n) is 7.41. The quantitative estimate of drug-likeness (QED) is 0.827. The average Bonchev–Trinajstić information content (AvgIpc) is 3.28. The first kappa shape index (κ1) is 13.6. The minimum Gasteiger partial charge on any atom is -0.395 e. The Morgan fingerprint density at radius 3 is 2.50 bits per heavy atom. The Morgan fingerprint density at radius 2 is 1.90 bits per heavy atom. The van der Waals surface area contributed by atoms with Crippen molar-refractivity contribution >= 4 is 11.6 Å². The molecule has 1 aliphatic carbocycles. The highest BCUT2D eigenvalue weighted by Gasteiger charge is 2.29. The van der Waals surface area contributed by atoms with Crippen LogP contribution in [0, 0.1) is 6.92 Å².